The maximum atomic E-state index is 12.0. The number of allylic oxidation sites excluding steroid dienone is 1. The molecule has 0 unspecified atom stereocenters. The third-order valence-corrected chi connectivity index (χ3v) is 5.80. The molecular formula is C17H24O4. The molecule has 0 radical (unpaired) electrons. The van der Waals surface area contributed by atoms with Crippen LogP contribution in [-0.2, 0) is 19.1 Å². The number of hydrogen-bond donors (Lipinski definition) is 0. The molecule has 2 fully saturated rings. The molecule has 4 heteroatoms. The molecule has 1 aliphatic heterocycles. The fraction of sp³-hybridized carbons (Fsp3) is 0.765. The zero-order valence-corrected chi connectivity index (χ0v) is 13.3. The molecule has 0 aromatic carbocycles. The predicted molar refractivity (Wildman–Crippen MR) is 77.4 cm³/mol. The molecule has 1 heterocycles. The summed E-state index contributed by atoms with van der Waals surface area (Å²) in [5.74, 6) is -0.0382. The van der Waals surface area contributed by atoms with Gasteiger partial charge in [-0.1, -0.05) is 19.4 Å². The van der Waals surface area contributed by atoms with Gasteiger partial charge in [0, 0.05) is 18.3 Å². The highest BCUT2D eigenvalue weighted by molar-refractivity contribution is 5.76. The van der Waals surface area contributed by atoms with Crippen LogP contribution in [-0.4, -0.2) is 24.1 Å². The van der Waals surface area contributed by atoms with E-state index in [1.807, 2.05) is 6.92 Å². The largest absolute Gasteiger partial charge is 0.462 e. The van der Waals surface area contributed by atoms with E-state index >= 15 is 0 Å². The Labute approximate surface area is 125 Å². The van der Waals surface area contributed by atoms with E-state index in [0.29, 0.717) is 0 Å². The zero-order valence-electron chi connectivity index (χ0n) is 13.3. The molecule has 5 atom stereocenters. The fourth-order valence-corrected chi connectivity index (χ4v) is 4.61. The second kappa shape index (κ2) is 4.85. The lowest BCUT2D eigenvalue weighted by molar-refractivity contribution is -0.156. The van der Waals surface area contributed by atoms with Crippen molar-refractivity contribution in [3.63, 3.8) is 0 Å². The van der Waals surface area contributed by atoms with Crippen LogP contribution in [0.2, 0.25) is 0 Å². The van der Waals surface area contributed by atoms with E-state index in [-0.39, 0.29) is 41.4 Å². The Hall–Kier alpha value is -1.32. The van der Waals surface area contributed by atoms with Gasteiger partial charge in [-0.05, 0) is 38.2 Å². The van der Waals surface area contributed by atoms with Gasteiger partial charge in [-0.3, -0.25) is 9.59 Å². The maximum absolute atomic E-state index is 12.0. The molecule has 0 spiro atoms. The summed E-state index contributed by atoms with van der Waals surface area (Å²) in [7, 11) is 0. The number of ether oxygens (including phenoxy) is 2. The number of rotatable bonds is 1. The van der Waals surface area contributed by atoms with Crippen molar-refractivity contribution in [2.24, 2.45) is 17.3 Å². The van der Waals surface area contributed by atoms with Crippen molar-refractivity contribution in [1.29, 1.82) is 0 Å². The third-order valence-electron chi connectivity index (χ3n) is 5.80. The second-order valence-corrected chi connectivity index (χ2v) is 7.10. The first-order chi connectivity index (χ1) is 9.84. The van der Waals surface area contributed by atoms with Crippen LogP contribution < -0.4 is 0 Å². The molecule has 0 N–H and O–H groups in total. The van der Waals surface area contributed by atoms with Crippen molar-refractivity contribution in [2.75, 3.05) is 0 Å². The Morgan fingerprint density at radius 3 is 2.76 bits per heavy atom. The number of esters is 2. The van der Waals surface area contributed by atoms with Gasteiger partial charge in [0.2, 0.25) is 0 Å². The minimum Gasteiger partial charge on any atom is -0.462 e. The smallest absolute Gasteiger partial charge is 0.309 e. The number of carbonyl (C=O) groups excluding carboxylic acids is 2. The van der Waals surface area contributed by atoms with E-state index in [4.69, 9.17) is 9.47 Å². The zero-order chi connectivity index (χ0) is 15.4. The van der Waals surface area contributed by atoms with Gasteiger partial charge in [0.05, 0.1) is 5.92 Å². The lowest BCUT2D eigenvalue weighted by Crippen LogP contribution is -2.48. The molecule has 2 aliphatic carbocycles. The number of fused-ring (bicyclic) bond motifs is 3. The first-order valence-corrected chi connectivity index (χ1v) is 7.92. The Kier molecular flexibility index (Phi) is 3.38. The van der Waals surface area contributed by atoms with E-state index in [0.717, 1.165) is 25.7 Å². The van der Waals surface area contributed by atoms with Gasteiger partial charge in [0.15, 0.2) is 0 Å². The van der Waals surface area contributed by atoms with Gasteiger partial charge in [-0.15, -0.1) is 0 Å². The molecule has 0 aromatic rings. The van der Waals surface area contributed by atoms with E-state index in [1.165, 1.54) is 18.1 Å². The van der Waals surface area contributed by atoms with Gasteiger partial charge in [-0.2, -0.15) is 0 Å². The highest BCUT2D eigenvalue weighted by Crippen LogP contribution is 2.56. The van der Waals surface area contributed by atoms with Crippen LogP contribution >= 0.6 is 0 Å². The van der Waals surface area contributed by atoms with E-state index < -0.39 is 0 Å². The van der Waals surface area contributed by atoms with Crippen LogP contribution in [0.5, 0.6) is 0 Å². The SMILES string of the molecule is CC(=O)O[C@H]1CCC(C)=C2[C@H]3OC(=O)[C@@H](C)[C@H]3CC[C@@]21C. The molecule has 4 nitrogen and oxygen atoms in total. The van der Waals surface area contributed by atoms with E-state index in [1.54, 1.807) is 0 Å². The molecule has 0 aromatic heterocycles. The summed E-state index contributed by atoms with van der Waals surface area (Å²) >= 11 is 0. The maximum Gasteiger partial charge on any atom is 0.309 e. The van der Waals surface area contributed by atoms with Crippen molar-refractivity contribution < 1.29 is 19.1 Å². The van der Waals surface area contributed by atoms with Crippen LogP contribution in [0.15, 0.2) is 11.1 Å². The second-order valence-electron chi connectivity index (χ2n) is 7.10. The van der Waals surface area contributed by atoms with Crippen molar-refractivity contribution in [2.45, 2.75) is 65.6 Å². The molecule has 0 bridgehead atoms. The summed E-state index contributed by atoms with van der Waals surface area (Å²) in [6.07, 6.45) is 3.50. The topological polar surface area (TPSA) is 52.6 Å². The summed E-state index contributed by atoms with van der Waals surface area (Å²) in [6.45, 7) is 7.75. The summed E-state index contributed by atoms with van der Waals surface area (Å²) in [5, 5.41) is 0. The van der Waals surface area contributed by atoms with Crippen molar-refractivity contribution in [3.8, 4) is 0 Å². The first kappa shape index (κ1) is 14.6. The van der Waals surface area contributed by atoms with E-state index in [2.05, 4.69) is 13.8 Å². The molecule has 1 saturated carbocycles. The average molecular weight is 292 g/mol. The molecule has 3 aliphatic rings. The molecule has 21 heavy (non-hydrogen) atoms. The summed E-state index contributed by atoms with van der Waals surface area (Å²) in [4.78, 5) is 23.4. The molecule has 3 rings (SSSR count). The Morgan fingerprint density at radius 2 is 2.10 bits per heavy atom. The average Bonchev–Trinajstić information content (AvgIpc) is 2.68. The van der Waals surface area contributed by atoms with Gasteiger partial charge in [0.25, 0.3) is 0 Å². The van der Waals surface area contributed by atoms with Crippen LogP contribution in [0, 0.1) is 17.3 Å². The van der Waals surface area contributed by atoms with Gasteiger partial charge in [0.1, 0.15) is 12.2 Å². The Morgan fingerprint density at radius 1 is 1.38 bits per heavy atom. The Balaban J connectivity index is 1.99. The lowest BCUT2D eigenvalue weighted by atomic mass is 9.58. The minimum absolute atomic E-state index is 0.0195. The third kappa shape index (κ3) is 2.11. The predicted octanol–water partition coefficient (Wildman–Crippen LogP) is 3.01. The first-order valence-electron chi connectivity index (χ1n) is 7.92. The number of hydrogen-bond acceptors (Lipinski definition) is 4. The summed E-state index contributed by atoms with van der Waals surface area (Å²) < 4.78 is 11.3. The van der Waals surface area contributed by atoms with Crippen LogP contribution in [0.3, 0.4) is 0 Å². The quantitative estimate of drug-likeness (QED) is 0.550. The summed E-state index contributed by atoms with van der Waals surface area (Å²) in [5.41, 5.74) is 2.37. The van der Waals surface area contributed by atoms with Crippen molar-refractivity contribution in [1.82, 2.24) is 0 Å². The van der Waals surface area contributed by atoms with Gasteiger partial charge >= 0.3 is 11.9 Å². The molecule has 0 amide bonds. The van der Waals surface area contributed by atoms with E-state index in [9.17, 15) is 9.59 Å². The van der Waals surface area contributed by atoms with Crippen LogP contribution in [0.4, 0.5) is 0 Å². The van der Waals surface area contributed by atoms with Crippen molar-refractivity contribution >= 4 is 11.9 Å². The van der Waals surface area contributed by atoms with Crippen LogP contribution in [0.25, 0.3) is 0 Å². The highest BCUT2D eigenvalue weighted by atomic mass is 16.6. The molecular weight excluding hydrogens is 268 g/mol. The van der Waals surface area contributed by atoms with Gasteiger partial charge < -0.3 is 9.47 Å². The van der Waals surface area contributed by atoms with Crippen molar-refractivity contribution in [3.05, 3.63) is 11.1 Å². The summed E-state index contributed by atoms with van der Waals surface area (Å²) in [6, 6.07) is 0. The highest BCUT2D eigenvalue weighted by Gasteiger charge is 2.56. The normalized spacial score (nSPS) is 42.2. The standard InChI is InChI=1S/C17H24O4/c1-9-5-6-13(20-11(3)18)17(4)8-7-12-10(2)16(19)21-15(12)14(9)17/h10,12-13,15H,5-8H2,1-4H3/t10-,12+,13-,15-,17+/m0/s1. The minimum atomic E-state index is -0.223. The number of carbonyl (C=O) groups is 2. The van der Waals surface area contributed by atoms with Gasteiger partial charge in [-0.25, -0.2) is 0 Å². The monoisotopic (exact) mass is 292 g/mol. The van der Waals surface area contributed by atoms with Crippen LogP contribution in [0.1, 0.15) is 53.4 Å². The lowest BCUT2D eigenvalue weighted by Gasteiger charge is -2.49. The fourth-order valence-electron chi connectivity index (χ4n) is 4.61. The Bertz CT molecular complexity index is 521. The molecule has 1 saturated heterocycles. The molecule has 116 valence electrons.